The summed E-state index contributed by atoms with van der Waals surface area (Å²) in [6, 6.07) is 15.3. The first kappa shape index (κ1) is 29.8. The van der Waals surface area contributed by atoms with Crippen LogP contribution in [0.3, 0.4) is 0 Å². The summed E-state index contributed by atoms with van der Waals surface area (Å²) in [4.78, 5) is 44.2. The molecule has 0 fully saturated rings. The lowest BCUT2D eigenvalue weighted by molar-refractivity contribution is -0.139. The molecule has 2 aromatic carbocycles. The van der Waals surface area contributed by atoms with Gasteiger partial charge in [-0.3, -0.25) is 9.36 Å². The van der Waals surface area contributed by atoms with Gasteiger partial charge in [0.25, 0.3) is 5.56 Å². The average molecular weight is 600 g/mol. The van der Waals surface area contributed by atoms with Gasteiger partial charge < -0.3 is 19.1 Å². The number of para-hydroxylation sites is 1. The number of hydrogen-bond acceptors (Lipinski definition) is 7. The van der Waals surface area contributed by atoms with Crippen molar-refractivity contribution >= 4 is 29.4 Å². The van der Waals surface area contributed by atoms with Crippen LogP contribution in [0.4, 0.5) is 0 Å². The normalized spacial score (nSPS) is 15.0. The molecule has 0 aliphatic carbocycles. The van der Waals surface area contributed by atoms with Gasteiger partial charge in [0, 0.05) is 22.6 Å². The number of esters is 1. The molecule has 5 rings (SSSR count). The first-order valence-electron chi connectivity index (χ1n) is 14.0. The van der Waals surface area contributed by atoms with Gasteiger partial charge in [-0.05, 0) is 83.5 Å². The first-order valence-corrected chi connectivity index (χ1v) is 14.8. The molecule has 4 aromatic rings. The molecule has 9 nitrogen and oxygen atoms in total. The molecule has 0 unspecified atom stereocenters. The molecule has 3 heterocycles. The Hall–Kier alpha value is -4.70. The van der Waals surface area contributed by atoms with Crippen LogP contribution in [0.25, 0.3) is 11.8 Å². The minimum Gasteiger partial charge on any atom is -0.491 e. The molecular weight excluding hydrogens is 566 g/mol. The highest BCUT2D eigenvalue weighted by Gasteiger charge is 2.35. The molecule has 0 spiro atoms. The van der Waals surface area contributed by atoms with Crippen LogP contribution in [0.5, 0.6) is 5.75 Å². The number of nitrogens with zero attached hydrogens (tertiary/aromatic N) is 3. The Labute approximate surface area is 252 Å². The third kappa shape index (κ3) is 5.58. The molecule has 1 atom stereocenters. The number of hydrogen-bond donors (Lipinski definition) is 1. The first-order chi connectivity index (χ1) is 20.5. The van der Waals surface area contributed by atoms with Crippen molar-refractivity contribution in [3.63, 3.8) is 0 Å². The molecule has 2 aromatic heterocycles. The monoisotopic (exact) mass is 599 g/mol. The summed E-state index contributed by atoms with van der Waals surface area (Å²) in [6.07, 6.45) is 1.69. The molecule has 1 aliphatic rings. The Balaban J connectivity index is 1.70. The van der Waals surface area contributed by atoms with Crippen molar-refractivity contribution in [1.29, 1.82) is 0 Å². The van der Waals surface area contributed by atoms with Gasteiger partial charge >= 0.3 is 11.9 Å². The fraction of sp³-hybridized carbons (Fsp3) is 0.273. The van der Waals surface area contributed by atoms with Crippen LogP contribution in [0.2, 0.25) is 0 Å². The lowest BCUT2D eigenvalue weighted by atomic mass is 9.95. The maximum atomic E-state index is 14.2. The molecule has 0 bridgehead atoms. The van der Waals surface area contributed by atoms with Crippen molar-refractivity contribution in [3.05, 3.63) is 114 Å². The van der Waals surface area contributed by atoms with Gasteiger partial charge in [0.15, 0.2) is 4.80 Å². The SMILES string of the molecule is CCOC(=O)C1=C(C)N=c2s/c(=C/c3cc(C)n(-c4cccc(C(=O)O)c4)c3C)c(=O)n2[C@H]1c1ccccc1OC(C)C. The van der Waals surface area contributed by atoms with Crippen LogP contribution >= 0.6 is 11.3 Å². The van der Waals surface area contributed by atoms with E-state index < -0.39 is 18.0 Å². The van der Waals surface area contributed by atoms with Gasteiger partial charge in [-0.2, -0.15) is 0 Å². The number of aromatic nitrogens is 2. The van der Waals surface area contributed by atoms with Crippen molar-refractivity contribution in [2.24, 2.45) is 4.99 Å². The van der Waals surface area contributed by atoms with Crippen LogP contribution in [0.15, 0.2) is 75.7 Å². The average Bonchev–Trinajstić information content (AvgIpc) is 3.41. The minimum atomic E-state index is -1.00. The van der Waals surface area contributed by atoms with Crippen molar-refractivity contribution in [1.82, 2.24) is 9.13 Å². The number of carboxylic acids is 1. The van der Waals surface area contributed by atoms with E-state index in [1.807, 2.05) is 74.7 Å². The molecule has 1 N–H and O–H groups in total. The fourth-order valence-electron chi connectivity index (χ4n) is 5.40. The molecule has 0 radical (unpaired) electrons. The number of carboxylic acid groups (broad SMARTS) is 1. The van der Waals surface area contributed by atoms with Crippen LogP contribution in [0, 0.1) is 13.8 Å². The van der Waals surface area contributed by atoms with Gasteiger partial charge in [0.2, 0.25) is 0 Å². The quantitative estimate of drug-likeness (QED) is 0.294. The van der Waals surface area contributed by atoms with Crippen molar-refractivity contribution < 1.29 is 24.2 Å². The topological polar surface area (TPSA) is 112 Å². The molecule has 1 aliphatic heterocycles. The van der Waals surface area contributed by atoms with Gasteiger partial charge in [0.05, 0.1) is 34.1 Å². The highest BCUT2D eigenvalue weighted by atomic mass is 32.1. The van der Waals surface area contributed by atoms with E-state index in [1.165, 1.54) is 11.3 Å². The predicted molar refractivity (Wildman–Crippen MR) is 165 cm³/mol. The number of ether oxygens (including phenoxy) is 2. The molecule has 222 valence electrons. The summed E-state index contributed by atoms with van der Waals surface area (Å²) in [5.41, 5.74) is 4.59. The molecular formula is C33H33N3O6S. The second-order valence-corrected chi connectivity index (χ2v) is 11.5. The van der Waals surface area contributed by atoms with E-state index in [-0.39, 0.29) is 29.4 Å². The molecule has 43 heavy (non-hydrogen) atoms. The zero-order valence-electron chi connectivity index (χ0n) is 24.9. The molecule has 10 heteroatoms. The Bertz CT molecular complexity index is 1960. The van der Waals surface area contributed by atoms with Crippen LogP contribution in [0.1, 0.15) is 66.6 Å². The maximum absolute atomic E-state index is 14.2. The number of benzene rings is 2. The number of rotatable bonds is 8. The summed E-state index contributed by atoms with van der Waals surface area (Å²) in [7, 11) is 0. The number of aryl methyl sites for hydroxylation is 1. The summed E-state index contributed by atoms with van der Waals surface area (Å²) in [5.74, 6) is -0.965. The van der Waals surface area contributed by atoms with E-state index >= 15 is 0 Å². The van der Waals surface area contributed by atoms with Gasteiger partial charge in [-0.15, -0.1) is 0 Å². The van der Waals surface area contributed by atoms with Gasteiger partial charge in [-0.1, -0.05) is 35.6 Å². The lowest BCUT2D eigenvalue weighted by Crippen LogP contribution is -2.40. The number of thiazole rings is 1. The van der Waals surface area contributed by atoms with Crippen LogP contribution in [-0.4, -0.2) is 38.9 Å². The highest BCUT2D eigenvalue weighted by molar-refractivity contribution is 7.07. The molecule has 0 amide bonds. The van der Waals surface area contributed by atoms with E-state index in [9.17, 15) is 19.5 Å². The van der Waals surface area contributed by atoms with Gasteiger partial charge in [-0.25, -0.2) is 14.6 Å². The Morgan fingerprint density at radius 2 is 1.84 bits per heavy atom. The van der Waals surface area contributed by atoms with E-state index in [2.05, 4.69) is 4.99 Å². The zero-order valence-corrected chi connectivity index (χ0v) is 25.7. The van der Waals surface area contributed by atoms with E-state index in [0.29, 0.717) is 32.0 Å². The van der Waals surface area contributed by atoms with E-state index in [1.54, 1.807) is 36.6 Å². The number of aromatic carboxylic acids is 1. The zero-order chi connectivity index (χ0) is 31.0. The fourth-order valence-corrected chi connectivity index (χ4v) is 6.44. The standard InChI is InChI=1S/C33H33N3O6S/c1-7-41-32(40)28-20(5)34-33-36(29(28)25-13-8-9-14-26(25)42-18(2)3)30(37)27(43-33)17-23-15-19(4)35(21(23)6)24-12-10-11-22(16-24)31(38)39/h8-18,29H,7H2,1-6H3,(H,38,39)/b27-17+/t29-/m0/s1. The van der Waals surface area contributed by atoms with Crippen LogP contribution < -0.4 is 19.6 Å². The summed E-state index contributed by atoms with van der Waals surface area (Å²) >= 11 is 1.25. The smallest absolute Gasteiger partial charge is 0.338 e. The lowest BCUT2D eigenvalue weighted by Gasteiger charge is -2.26. The summed E-state index contributed by atoms with van der Waals surface area (Å²) < 4.78 is 15.5. The third-order valence-corrected chi connectivity index (χ3v) is 8.18. The van der Waals surface area contributed by atoms with Gasteiger partial charge in [0.1, 0.15) is 11.8 Å². The maximum Gasteiger partial charge on any atom is 0.338 e. The second kappa shape index (κ2) is 11.9. The summed E-state index contributed by atoms with van der Waals surface area (Å²) in [6.45, 7) is 11.4. The molecule has 0 saturated carbocycles. The predicted octanol–water partition coefficient (Wildman–Crippen LogP) is 4.69. The van der Waals surface area contributed by atoms with Crippen molar-refractivity contribution in [2.75, 3.05) is 6.61 Å². The van der Waals surface area contributed by atoms with E-state index in [4.69, 9.17) is 9.47 Å². The Kier molecular flexibility index (Phi) is 8.23. The third-order valence-electron chi connectivity index (χ3n) is 7.20. The number of fused-ring (bicyclic) bond motifs is 1. The number of carbonyl (C=O) groups is 2. The molecule has 0 saturated heterocycles. The van der Waals surface area contributed by atoms with Crippen LogP contribution in [-0.2, 0) is 9.53 Å². The Morgan fingerprint density at radius 1 is 1.09 bits per heavy atom. The largest absolute Gasteiger partial charge is 0.491 e. The van der Waals surface area contributed by atoms with Crippen molar-refractivity contribution in [2.45, 2.75) is 53.7 Å². The highest BCUT2D eigenvalue weighted by Crippen LogP contribution is 2.36. The van der Waals surface area contributed by atoms with Crippen molar-refractivity contribution in [3.8, 4) is 11.4 Å². The minimum absolute atomic E-state index is 0.125. The second-order valence-electron chi connectivity index (χ2n) is 10.5. The Morgan fingerprint density at radius 3 is 2.53 bits per heavy atom. The summed E-state index contributed by atoms with van der Waals surface area (Å²) in [5, 5.41) is 9.47. The van der Waals surface area contributed by atoms with E-state index in [0.717, 1.165) is 17.0 Å². The number of allylic oxidation sites excluding steroid dienone is 1. The number of carbonyl (C=O) groups excluding carboxylic acids is 1.